The molecule has 1 N–H and O–H groups in total. The summed E-state index contributed by atoms with van der Waals surface area (Å²) in [6.07, 6.45) is 0. The highest BCUT2D eigenvalue weighted by Gasteiger charge is 2.35. The summed E-state index contributed by atoms with van der Waals surface area (Å²) in [5.41, 5.74) is -0.235. The fourth-order valence-electron chi connectivity index (χ4n) is 2.30. The third kappa shape index (κ3) is 3.03. The number of hydrogen-bond donors (Lipinski definition) is 1. The summed E-state index contributed by atoms with van der Waals surface area (Å²) in [6.45, 7) is 4.61. The molecule has 1 fully saturated rings. The zero-order valence-corrected chi connectivity index (χ0v) is 13.2. The van der Waals surface area contributed by atoms with Gasteiger partial charge in [0.2, 0.25) is 10.0 Å². The van der Waals surface area contributed by atoms with Gasteiger partial charge in [0.05, 0.1) is 9.95 Å². The van der Waals surface area contributed by atoms with Crippen molar-refractivity contribution in [3.63, 3.8) is 0 Å². The lowest BCUT2D eigenvalue weighted by molar-refractivity contribution is -0.384. The Balaban J connectivity index is 2.42. The van der Waals surface area contributed by atoms with E-state index in [1.54, 1.807) is 0 Å². The number of non-ortho nitro benzene ring substituents is 1. The minimum Gasteiger partial charge on any atom is -0.311 e. The maximum absolute atomic E-state index is 12.7. The van der Waals surface area contributed by atoms with Gasteiger partial charge in [-0.25, -0.2) is 8.42 Å². The van der Waals surface area contributed by atoms with Crippen molar-refractivity contribution in [1.29, 1.82) is 0 Å². The van der Waals surface area contributed by atoms with Gasteiger partial charge in [-0.2, -0.15) is 4.31 Å². The van der Waals surface area contributed by atoms with Crippen LogP contribution in [0, 0.1) is 10.1 Å². The zero-order valence-electron chi connectivity index (χ0n) is 11.6. The number of nitrogens with one attached hydrogen (secondary N) is 1. The first-order chi connectivity index (χ1) is 9.75. The van der Waals surface area contributed by atoms with E-state index in [0.29, 0.717) is 13.1 Å². The molecule has 0 spiro atoms. The number of rotatable bonds is 3. The molecule has 0 saturated carbocycles. The van der Waals surface area contributed by atoms with Crippen LogP contribution < -0.4 is 5.32 Å². The van der Waals surface area contributed by atoms with Crippen molar-refractivity contribution in [2.24, 2.45) is 0 Å². The van der Waals surface area contributed by atoms with E-state index in [0.717, 1.165) is 12.1 Å². The maximum Gasteiger partial charge on any atom is 0.271 e. The first kappa shape index (κ1) is 16.2. The predicted molar refractivity (Wildman–Crippen MR) is 78.9 cm³/mol. The Kier molecular flexibility index (Phi) is 4.52. The van der Waals surface area contributed by atoms with Crippen LogP contribution in [0.1, 0.15) is 13.8 Å². The molecular weight excluding hydrogens is 318 g/mol. The van der Waals surface area contributed by atoms with Crippen molar-refractivity contribution in [2.75, 3.05) is 13.1 Å². The SMILES string of the molecule is CC1NCCN(S(=O)(=O)c2ccc([N+](=O)[O-])cc2Cl)C1C. The Labute approximate surface area is 128 Å². The van der Waals surface area contributed by atoms with Gasteiger partial charge in [0.15, 0.2) is 0 Å². The molecule has 9 heteroatoms. The van der Waals surface area contributed by atoms with E-state index in [1.165, 1.54) is 10.4 Å². The van der Waals surface area contributed by atoms with Crippen LogP contribution in [0.3, 0.4) is 0 Å². The number of nitro groups is 1. The summed E-state index contributed by atoms with van der Waals surface area (Å²) in [4.78, 5) is 9.98. The molecule has 0 radical (unpaired) electrons. The van der Waals surface area contributed by atoms with Crippen LogP contribution in [0.2, 0.25) is 5.02 Å². The van der Waals surface area contributed by atoms with Crippen LogP contribution in [0.4, 0.5) is 5.69 Å². The predicted octanol–water partition coefficient (Wildman–Crippen LogP) is 1.62. The summed E-state index contributed by atoms with van der Waals surface area (Å²) < 4.78 is 26.8. The van der Waals surface area contributed by atoms with E-state index in [9.17, 15) is 18.5 Å². The fraction of sp³-hybridized carbons (Fsp3) is 0.500. The zero-order chi connectivity index (χ0) is 15.8. The highest BCUT2D eigenvalue weighted by atomic mass is 35.5. The molecule has 0 aromatic heterocycles. The van der Waals surface area contributed by atoms with Crippen LogP contribution in [0.15, 0.2) is 23.1 Å². The summed E-state index contributed by atoms with van der Waals surface area (Å²) in [7, 11) is -3.78. The van der Waals surface area contributed by atoms with E-state index in [-0.39, 0.29) is 27.7 Å². The second kappa shape index (κ2) is 5.88. The second-order valence-corrected chi connectivity index (χ2v) is 7.24. The molecule has 7 nitrogen and oxygen atoms in total. The molecule has 2 rings (SSSR count). The monoisotopic (exact) mass is 333 g/mol. The van der Waals surface area contributed by atoms with Gasteiger partial charge in [0.1, 0.15) is 4.90 Å². The van der Waals surface area contributed by atoms with E-state index >= 15 is 0 Å². The first-order valence-corrected chi connectivity index (χ1v) is 8.26. The van der Waals surface area contributed by atoms with Crippen molar-refractivity contribution >= 4 is 27.3 Å². The van der Waals surface area contributed by atoms with Crippen LogP contribution in [0.5, 0.6) is 0 Å². The molecule has 21 heavy (non-hydrogen) atoms. The van der Waals surface area contributed by atoms with Gasteiger partial charge in [-0.05, 0) is 19.9 Å². The Morgan fingerprint density at radius 2 is 2.10 bits per heavy atom. The quantitative estimate of drug-likeness (QED) is 0.670. The lowest BCUT2D eigenvalue weighted by atomic mass is 10.1. The van der Waals surface area contributed by atoms with Gasteiger partial charge in [-0.3, -0.25) is 10.1 Å². The van der Waals surface area contributed by atoms with E-state index in [2.05, 4.69) is 5.32 Å². The standard InChI is InChI=1S/C12H16ClN3O4S/c1-8-9(2)15(6-5-14-8)21(19,20)12-4-3-10(16(17)18)7-11(12)13/h3-4,7-9,14H,5-6H2,1-2H3. The molecule has 0 amide bonds. The number of benzene rings is 1. The van der Waals surface area contributed by atoms with Crippen LogP contribution in [-0.4, -0.2) is 42.8 Å². The lowest BCUT2D eigenvalue weighted by Crippen LogP contribution is -2.57. The smallest absolute Gasteiger partial charge is 0.271 e. The highest BCUT2D eigenvalue weighted by Crippen LogP contribution is 2.30. The number of halogens is 1. The molecule has 1 aliphatic heterocycles. The normalized spacial score (nSPS) is 24.0. The number of hydrogen-bond acceptors (Lipinski definition) is 5. The molecule has 1 aromatic carbocycles. The lowest BCUT2D eigenvalue weighted by Gasteiger charge is -2.37. The molecule has 1 heterocycles. The van der Waals surface area contributed by atoms with Crippen molar-refractivity contribution in [3.05, 3.63) is 33.3 Å². The highest BCUT2D eigenvalue weighted by molar-refractivity contribution is 7.89. The number of piperazine rings is 1. The third-order valence-electron chi connectivity index (χ3n) is 3.69. The average Bonchev–Trinajstić information content (AvgIpc) is 2.41. The first-order valence-electron chi connectivity index (χ1n) is 6.44. The Hall–Kier alpha value is -1.22. The molecular formula is C12H16ClN3O4S. The van der Waals surface area contributed by atoms with Crippen molar-refractivity contribution in [1.82, 2.24) is 9.62 Å². The van der Waals surface area contributed by atoms with Gasteiger partial charge < -0.3 is 5.32 Å². The molecule has 2 atom stereocenters. The van der Waals surface area contributed by atoms with Gasteiger partial charge in [-0.1, -0.05) is 11.6 Å². The Morgan fingerprint density at radius 3 is 2.67 bits per heavy atom. The number of nitro benzene ring substituents is 1. The van der Waals surface area contributed by atoms with E-state index in [4.69, 9.17) is 11.6 Å². The van der Waals surface area contributed by atoms with E-state index < -0.39 is 14.9 Å². The summed E-state index contributed by atoms with van der Waals surface area (Å²) in [5.74, 6) is 0. The van der Waals surface area contributed by atoms with Gasteiger partial charge >= 0.3 is 0 Å². The molecule has 1 saturated heterocycles. The van der Waals surface area contributed by atoms with Crippen LogP contribution >= 0.6 is 11.6 Å². The van der Waals surface area contributed by atoms with Crippen molar-refractivity contribution in [3.8, 4) is 0 Å². The summed E-state index contributed by atoms with van der Waals surface area (Å²) in [5, 5.41) is 13.7. The maximum atomic E-state index is 12.7. The van der Waals surface area contributed by atoms with Crippen LogP contribution in [-0.2, 0) is 10.0 Å². The average molecular weight is 334 g/mol. The van der Waals surface area contributed by atoms with Crippen molar-refractivity contribution in [2.45, 2.75) is 30.8 Å². The second-order valence-electron chi connectivity index (χ2n) is 4.97. The van der Waals surface area contributed by atoms with Gasteiger partial charge in [-0.15, -0.1) is 0 Å². The van der Waals surface area contributed by atoms with E-state index in [1.807, 2.05) is 13.8 Å². The third-order valence-corrected chi connectivity index (χ3v) is 6.16. The van der Waals surface area contributed by atoms with Crippen molar-refractivity contribution < 1.29 is 13.3 Å². The largest absolute Gasteiger partial charge is 0.311 e. The fourth-order valence-corrected chi connectivity index (χ4v) is 4.52. The molecule has 116 valence electrons. The molecule has 2 unspecified atom stereocenters. The summed E-state index contributed by atoms with van der Waals surface area (Å²) >= 11 is 5.94. The van der Waals surface area contributed by atoms with Crippen LogP contribution in [0.25, 0.3) is 0 Å². The number of sulfonamides is 1. The van der Waals surface area contributed by atoms with Gasteiger partial charge in [0, 0.05) is 37.3 Å². The molecule has 0 aliphatic carbocycles. The molecule has 1 aliphatic rings. The molecule has 0 bridgehead atoms. The van der Waals surface area contributed by atoms with Gasteiger partial charge in [0.25, 0.3) is 5.69 Å². The Bertz CT molecular complexity index is 664. The molecule has 1 aromatic rings. The Morgan fingerprint density at radius 1 is 1.43 bits per heavy atom. The number of nitrogens with zero attached hydrogens (tertiary/aromatic N) is 2. The minimum atomic E-state index is -3.78. The minimum absolute atomic E-state index is 0.0188. The topological polar surface area (TPSA) is 92.6 Å². The summed E-state index contributed by atoms with van der Waals surface area (Å²) in [6, 6.07) is 3.19.